The minimum atomic E-state index is -0.182. The number of piperazine rings is 1. The largest absolute Gasteiger partial charge is 0.336 e. The van der Waals surface area contributed by atoms with Crippen molar-refractivity contribution in [1.82, 2.24) is 14.8 Å². The summed E-state index contributed by atoms with van der Waals surface area (Å²) in [7, 11) is 0. The van der Waals surface area contributed by atoms with Crippen LogP contribution in [0.25, 0.3) is 0 Å². The van der Waals surface area contributed by atoms with E-state index in [9.17, 15) is 9.59 Å². The summed E-state index contributed by atoms with van der Waals surface area (Å²) in [6.07, 6.45) is 2.62. The first-order valence-corrected chi connectivity index (χ1v) is 6.84. The minimum absolute atomic E-state index is 0.0000477. The first-order valence-electron chi connectivity index (χ1n) is 6.84. The zero-order valence-electron chi connectivity index (χ0n) is 11.6. The molecule has 1 atom stereocenters. The van der Waals surface area contributed by atoms with Gasteiger partial charge in [-0.15, -0.1) is 0 Å². The number of pyridine rings is 1. The fourth-order valence-electron chi connectivity index (χ4n) is 2.35. The van der Waals surface area contributed by atoms with Crippen molar-refractivity contribution >= 4 is 5.91 Å². The van der Waals surface area contributed by atoms with E-state index in [4.69, 9.17) is 0 Å². The fraction of sp³-hybridized carbons (Fsp3) is 0.571. The van der Waals surface area contributed by atoms with E-state index in [1.54, 1.807) is 6.07 Å². The van der Waals surface area contributed by atoms with Crippen LogP contribution < -0.4 is 5.56 Å². The molecule has 2 heterocycles. The van der Waals surface area contributed by atoms with Gasteiger partial charge >= 0.3 is 0 Å². The first kappa shape index (κ1) is 13.8. The summed E-state index contributed by atoms with van der Waals surface area (Å²) >= 11 is 0. The molecular weight excluding hydrogens is 242 g/mol. The number of aromatic nitrogens is 1. The Balaban J connectivity index is 1.96. The van der Waals surface area contributed by atoms with Gasteiger partial charge < -0.3 is 9.88 Å². The van der Waals surface area contributed by atoms with Gasteiger partial charge in [0.1, 0.15) is 0 Å². The first-order chi connectivity index (χ1) is 9.11. The molecule has 104 valence electrons. The highest BCUT2D eigenvalue weighted by atomic mass is 16.2. The molecule has 1 amide bonds. The van der Waals surface area contributed by atoms with Crippen LogP contribution in [0, 0.1) is 0 Å². The van der Waals surface area contributed by atoms with Crippen LogP contribution >= 0.6 is 0 Å². The van der Waals surface area contributed by atoms with E-state index in [1.165, 1.54) is 12.3 Å². The molecule has 1 N–H and O–H groups in total. The molecule has 0 bridgehead atoms. The summed E-state index contributed by atoms with van der Waals surface area (Å²) in [6.45, 7) is 7.75. The van der Waals surface area contributed by atoms with E-state index in [0.717, 1.165) is 32.6 Å². The van der Waals surface area contributed by atoms with Crippen LogP contribution in [0.3, 0.4) is 0 Å². The summed E-state index contributed by atoms with van der Waals surface area (Å²) in [6, 6.07) is 3.55. The lowest BCUT2D eigenvalue weighted by atomic mass is 10.1. The second-order valence-corrected chi connectivity index (χ2v) is 5.03. The topological polar surface area (TPSA) is 56.4 Å². The van der Waals surface area contributed by atoms with Crippen molar-refractivity contribution in [1.29, 1.82) is 0 Å². The average molecular weight is 263 g/mol. The van der Waals surface area contributed by atoms with Gasteiger partial charge in [0, 0.05) is 44.5 Å². The van der Waals surface area contributed by atoms with Crippen LogP contribution in [-0.2, 0) is 0 Å². The maximum Gasteiger partial charge on any atom is 0.255 e. The van der Waals surface area contributed by atoms with Gasteiger partial charge in [-0.05, 0) is 19.4 Å². The number of nitrogens with zero attached hydrogens (tertiary/aromatic N) is 2. The Kier molecular flexibility index (Phi) is 4.37. The number of aromatic amines is 1. The lowest BCUT2D eigenvalue weighted by Gasteiger charge is -2.37. The van der Waals surface area contributed by atoms with Gasteiger partial charge in [0.05, 0.1) is 5.56 Å². The van der Waals surface area contributed by atoms with Gasteiger partial charge in [-0.2, -0.15) is 0 Å². The van der Waals surface area contributed by atoms with Crippen LogP contribution in [0.15, 0.2) is 23.1 Å². The number of carbonyl (C=O) groups excluding carboxylic acids is 1. The number of nitrogens with one attached hydrogen (secondary N) is 1. The van der Waals surface area contributed by atoms with E-state index in [-0.39, 0.29) is 11.5 Å². The van der Waals surface area contributed by atoms with Crippen LogP contribution in [0.4, 0.5) is 0 Å². The van der Waals surface area contributed by atoms with Crippen LogP contribution in [-0.4, -0.2) is 52.9 Å². The van der Waals surface area contributed by atoms with Crippen LogP contribution in [0.5, 0.6) is 0 Å². The smallest absolute Gasteiger partial charge is 0.255 e. The normalized spacial score (nSPS) is 18.3. The lowest BCUT2D eigenvalue weighted by molar-refractivity contribution is 0.0579. The minimum Gasteiger partial charge on any atom is -0.336 e. The molecule has 1 aliphatic rings. The summed E-state index contributed by atoms with van der Waals surface area (Å²) in [5.74, 6) is 0.0000477. The molecule has 0 aromatic carbocycles. The molecule has 1 unspecified atom stereocenters. The Bertz CT molecular complexity index is 469. The van der Waals surface area contributed by atoms with Crippen molar-refractivity contribution in [2.75, 3.05) is 26.2 Å². The van der Waals surface area contributed by atoms with E-state index in [1.807, 2.05) is 4.90 Å². The Hall–Kier alpha value is -1.62. The van der Waals surface area contributed by atoms with Crippen molar-refractivity contribution in [3.05, 3.63) is 34.2 Å². The highest BCUT2D eigenvalue weighted by Crippen LogP contribution is 2.11. The van der Waals surface area contributed by atoms with E-state index >= 15 is 0 Å². The molecule has 19 heavy (non-hydrogen) atoms. The molecule has 1 aromatic heterocycles. The SMILES string of the molecule is CCC(C)N1CCN(C(=O)c2ccc(=O)[nH]c2)CC1. The number of rotatable bonds is 3. The van der Waals surface area contributed by atoms with Gasteiger partial charge in [-0.1, -0.05) is 6.92 Å². The molecule has 0 spiro atoms. The van der Waals surface area contributed by atoms with E-state index < -0.39 is 0 Å². The van der Waals surface area contributed by atoms with Gasteiger partial charge in [0.25, 0.3) is 5.91 Å². The van der Waals surface area contributed by atoms with E-state index in [2.05, 4.69) is 23.7 Å². The second-order valence-electron chi connectivity index (χ2n) is 5.03. The monoisotopic (exact) mass is 263 g/mol. The molecule has 1 aliphatic heterocycles. The molecule has 1 fully saturated rings. The third kappa shape index (κ3) is 3.23. The molecule has 0 radical (unpaired) electrons. The molecule has 2 rings (SSSR count). The molecule has 0 saturated carbocycles. The highest BCUT2D eigenvalue weighted by molar-refractivity contribution is 5.93. The third-order valence-electron chi connectivity index (χ3n) is 3.85. The van der Waals surface area contributed by atoms with Crippen molar-refractivity contribution in [2.24, 2.45) is 0 Å². The maximum absolute atomic E-state index is 12.2. The van der Waals surface area contributed by atoms with Gasteiger partial charge in [-0.3, -0.25) is 14.5 Å². The average Bonchev–Trinajstić information content (AvgIpc) is 2.46. The summed E-state index contributed by atoms with van der Waals surface area (Å²) in [5.41, 5.74) is 0.370. The zero-order valence-corrected chi connectivity index (χ0v) is 11.6. The standard InChI is InChI=1S/C14H21N3O2/c1-3-11(2)16-6-8-17(9-7-16)14(19)12-4-5-13(18)15-10-12/h4-5,10-11H,3,6-9H2,1-2H3,(H,15,18). The quantitative estimate of drug-likeness (QED) is 0.882. The maximum atomic E-state index is 12.2. The molecule has 5 nitrogen and oxygen atoms in total. The van der Waals surface area contributed by atoms with Crippen molar-refractivity contribution < 1.29 is 4.79 Å². The summed E-state index contributed by atoms with van der Waals surface area (Å²) in [5, 5.41) is 0. The number of hydrogen-bond donors (Lipinski definition) is 1. The molecular formula is C14H21N3O2. The van der Waals surface area contributed by atoms with E-state index in [0.29, 0.717) is 11.6 Å². The highest BCUT2D eigenvalue weighted by Gasteiger charge is 2.23. The number of amides is 1. The predicted molar refractivity (Wildman–Crippen MR) is 74.3 cm³/mol. The Morgan fingerprint density at radius 2 is 2.00 bits per heavy atom. The van der Waals surface area contributed by atoms with Crippen LogP contribution in [0.1, 0.15) is 30.6 Å². The van der Waals surface area contributed by atoms with Gasteiger partial charge in [-0.25, -0.2) is 0 Å². The molecule has 5 heteroatoms. The van der Waals surface area contributed by atoms with Crippen molar-refractivity contribution in [3.8, 4) is 0 Å². The lowest BCUT2D eigenvalue weighted by Crippen LogP contribution is -2.51. The van der Waals surface area contributed by atoms with Crippen molar-refractivity contribution in [2.45, 2.75) is 26.3 Å². The number of hydrogen-bond acceptors (Lipinski definition) is 3. The van der Waals surface area contributed by atoms with Gasteiger partial charge in [0.15, 0.2) is 0 Å². The fourth-order valence-corrected chi connectivity index (χ4v) is 2.35. The number of H-pyrrole nitrogens is 1. The summed E-state index contributed by atoms with van der Waals surface area (Å²) in [4.78, 5) is 30.0. The Morgan fingerprint density at radius 1 is 1.32 bits per heavy atom. The predicted octanol–water partition coefficient (Wildman–Crippen LogP) is 0.931. The Labute approximate surface area is 113 Å². The molecule has 1 aromatic rings. The second kappa shape index (κ2) is 6.02. The van der Waals surface area contributed by atoms with Crippen molar-refractivity contribution in [3.63, 3.8) is 0 Å². The number of carbonyl (C=O) groups is 1. The van der Waals surface area contributed by atoms with Gasteiger partial charge in [0.2, 0.25) is 5.56 Å². The van der Waals surface area contributed by atoms with Crippen LogP contribution in [0.2, 0.25) is 0 Å². The third-order valence-corrected chi connectivity index (χ3v) is 3.85. The Morgan fingerprint density at radius 3 is 2.53 bits per heavy atom. The zero-order chi connectivity index (χ0) is 13.8. The summed E-state index contributed by atoms with van der Waals surface area (Å²) < 4.78 is 0. The molecule has 1 saturated heterocycles. The molecule has 0 aliphatic carbocycles.